The third kappa shape index (κ3) is 17.0. The molecule has 0 unspecified atom stereocenters. The van der Waals surface area contributed by atoms with Gasteiger partial charge in [-0.05, 0) is 109 Å². The fourth-order valence-corrected chi connectivity index (χ4v) is 7.27. The molecule has 0 fully saturated rings. The first-order valence-electron chi connectivity index (χ1n) is 18.4. The summed E-state index contributed by atoms with van der Waals surface area (Å²) in [6, 6.07) is 37.0. The molecule has 18 heteroatoms. The van der Waals surface area contributed by atoms with Gasteiger partial charge < -0.3 is 47.2 Å². The molecule has 0 aliphatic rings. The maximum absolute atomic E-state index is 9.86. The molecule has 0 saturated carbocycles. The van der Waals surface area contributed by atoms with Crippen LogP contribution in [0.5, 0.6) is 17.2 Å². The first-order valence-corrected chi connectivity index (χ1v) is 21.9. The van der Waals surface area contributed by atoms with Crippen LogP contribution in [0.1, 0.15) is 22.3 Å². The minimum atomic E-state index is -0.0834. The summed E-state index contributed by atoms with van der Waals surface area (Å²) in [6.45, 7) is 3.90. The Labute approximate surface area is 406 Å². The SMILES string of the molecule is Cc1ccccc1CNC(=S)Nc1cc(Cl)cc(Cl)c1O.Oc1c(Cl)cc(Cl)cc1NC(=S)NCCc1ccccc1.Oc1c(Cl)cc(Cl)cc1NC(=S)NCc1ccccc1. The summed E-state index contributed by atoms with van der Waals surface area (Å²) in [5, 5.41) is 50.3. The molecule has 9 nitrogen and oxygen atoms in total. The molecule has 0 aromatic heterocycles. The highest BCUT2D eigenvalue weighted by molar-refractivity contribution is 7.80. The molecule has 324 valence electrons. The lowest BCUT2D eigenvalue weighted by Crippen LogP contribution is -2.30. The van der Waals surface area contributed by atoms with Crippen molar-refractivity contribution < 1.29 is 15.3 Å². The number of thiocarbonyl (C=S) groups is 3. The van der Waals surface area contributed by atoms with E-state index >= 15 is 0 Å². The van der Waals surface area contributed by atoms with E-state index in [0.717, 1.165) is 17.5 Å². The average Bonchev–Trinajstić information content (AvgIpc) is 3.23. The summed E-state index contributed by atoms with van der Waals surface area (Å²) in [4.78, 5) is 0. The number of halogens is 6. The quantitative estimate of drug-likeness (QED) is 0.0478. The van der Waals surface area contributed by atoms with Crippen LogP contribution < -0.4 is 31.9 Å². The van der Waals surface area contributed by atoms with E-state index in [1.807, 2.05) is 79.7 Å². The van der Waals surface area contributed by atoms with Crippen LogP contribution in [-0.2, 0) is 19.5 Å². The van der Waals surface area contributed by atoms with E-state index in [2.05, 4.69) is 44.0 Å². The summed E-state index contributed by atoms with van der Waals surface area (Å²) >= 11 is 50.8. The smallest absolute Gasteiger partial charge is 0.171 e. The third-order valence-corrected chi connectivity index (χ3v) is 10.6. The van der Waals surface area contributed by atoms with Gasteiger partial charge in [-0.15, -0.1) is 0 Å². The van der Waals surface area contributed by atoms with Crippen molar-refractivity contribution in [1.29, 1.82) is 0 Å². The molecule has 0 amide bonds. The molecule has 0 bridgehead atoms. The second-order valence-corrected chi connectivity index (χ2v) is 16.8. The zero-order chi connectivity index (χ0) is 45.2. The predicted molar refractivity (Wildman–Crippen MR) is 272 cm³/mol. The molecule has 6 aromatic carbocycles. The number of phenols is 3. The van der Waals surface area contributed by atoms with Gasteiger partial charge in [0.1, 0.15) is 0 Å². The summed E-state index contributed by atoms with van der Waals surface area (Å²) in [5.74, 6) is -0.241. The van der Waals surface area contributed by atoms with Crippen LogP contribution in [0.4, 0.5) is 17.1 Å². The van der Waals surface area contributed by atoms with Crippen molar-refractivity contribution in [1.82, 2.24) is 16.0 Å². The van der Waals surface area contributed by atoms with Gasteiger partial charge in [0.25, 0.3) is 0 Å². The Morgan fingerprint density at radius 1 is 0.468 bits per heavy atom. The number of phenolic OH excluding ortho intramolecular Hbond substituents is 3. The highest BCUT2D eigenvalue weighted by Gasteiger charge is 2.12. The molecular formula is C44H40Cl6N6O3S3. The van der Waals surface area contributed by atoms with Gasteiger partial charge in [0, 0.05) is 34.7 Å². The van der Waals surface area contributed by atoms with Gasteiger partial charge in [-0.25, -0.2) is 0 Å². The maximum Gasteiger partial charge on any atom is 0.171 e. The van der Waals surface area contributed by atoms with Gasteiger partial charge in [0.2, 0.25) is 0 Å². The average molecular weight is 1010 g/mol. The summed E-state index contributed by atoms with van der Waals surface area (Å²) in [6.07, 6.45) is 0.852. The number of benzene rings is 6. The van der Waals surface area contributed by atoms with Crippen molar-refractivity contribution in [3.63, 3.8) is 0 Å². The Balaban J connectivity index is 0.000000205. The van der Waals surface area contributed by atoms with E-state index in [0.29, 0.717) is 67.1 Å². The largest absolute Gasteiger partial charge is 0.504 e. The molecule has 0 radical (unpaired) electrons. The van der Waals surface area contributed by atoms with Crippen molar-refractivity contribution in [3.8, 4) is 17.2 Å². The maximum atomic E-state index is 9.86. The Kier molecular flexibility index (Phi) is 20.7. The number of rotatable bonds is 10. The van der Waals surface area contributed by atoms with Crippen LogP contribution in [0.2, 0.25) is 30.1 Å². The first kappa shape index (κ1) is 50.2. The van der Waals surface area contributed by atoms with Gasteiger partial charge in [0.05, 0.1) is 32.1 Å². The Morgan fingerprint density at radius 3 is 1.27 bits per heavy atom. The van der Waals surface area contributed by atoms with E-state index in [9.17, 15) is 15.3 Å². The van der Waals surface area contributed by atoms with Crippen molar-refractivity contribution in [3.05, 3.63) is 174 Å². The first-order chi connectivity index (χ1) is 29.6. The third-order valence-electron chi connectivity index (χ3n) is 8.37. The van der Waals surface area contributed by atoms with E-state index in [-0.39, 0.29) is 32.3 Å². The van der Waals surface area contributed by atoms with E-state index in [4.69, 9.17) is 106 Å². The molecule has 0 aliphatic heterocycles. The fraction of sp³-hybridized carbons (Fsp3) is 0.114. The summed E-state index contributed by atoms with van der Waals surface area (Å²) in [5.41, 5.74) is 5.77. The monoisotopic (exact) mass is 1010 g/mol. The minimum absolute atomic E-state index is 0.0757. The molecular weight excluding hydrogens is 969 g/mol. The van der Waals surface area contributed by atoms with Crippen LogP contribution in [0.25, 0.3) is 0 Å². The van der Waals surface area contributed by atoms with Gasteiger partial charge in [-0.3, -0.25) is 0 Å². The molecule has 0 spiro atoms. The van der Waals surface area contributed by atoms with Gasteiger partial charge in [0.15, 0.2) is 32.6 Å². The normalized spacial score (nSPS) is 10.2. The minimum Gasteiger partial charge on any atom is -0.504 e. The summed E-state index contributed by atoms with van der Waals surface area (Å²) in [7, 11) is 0. The van der Waals surface area contributed by atoms with Crippen LogP contribution in [0.3, 0.4) is 0 Å². The zero-order valence-corrected chi connectivity index (χ0v) is 39.7. The molecule has 0 heterocycles. The van der Waals surface area contributed by atoms with E-state index in [1.165, 1.54) is 29.3 Å². The van der Waals surface area contributed by atoms with Gasteiger partial charge in [-0.2, -0.15) is 0 Å². The lowest BCUT2D eigenvalue weighted by atomic mass is 10.1. The number of aromatic hydroxyl groups is 3. The Morgan fingerprint density at radius 2 is 0.839 bits per heavy atom. The second kappa shape index (κ2) is 25.6. The molecule has 9 N–H and O–H groups in total. The van der Waals surface area contributed by atoms with Gasteiger partial charge >= 0.3 is 0 Å². The van der Waals surface area contributed by atoms with E-state index in [1.54, 1.807) is 18.2 Å². The van der Waals surface area contributed by atoms with Crippen molar-refractivity contribution in [2.24, 2.45) is 0 Å². The predicted octanol–water partition coefficient (Wildman–Crippen LogP) is 12.9. The van der Waals surface area contributed by atoms with Crippen molar-refractivity contribution >= 4 is 139 Å². The molecule has 0 saturated heterocycles. The number of nitrogens with one attached hydrogen (secondary N) is 6. The highest BCUT2D eigenvalue weighted by atomic mass is 35.5. The number of anilines is 3. The lowest BCUT2D eigenvalue weighted by Gasteiger charge is -2.13. The standard InChI is InChI=1S/2C15H14Cl2N2OS.C14H12Cl2N2OS/c1-9-4-2-3-5-10(9)8-18-15(21)19-13-7-11(16)6-12(17)14(13)20;16-11-8-12(17)14(20)13(9-11)19-15(21)18-7-6-10-4-2-1-3-5-10;15-10-6-11(16)13(19)12(7-10)18-14(20)17-8-9-4-2-1-3-5-9/h2-7,20H,8H2,1H3,(H2,18,19,21);1-5,8-9,20H,6-7H2,(H2,18,19,21);1-7,19H,8H2,(H2,17,18,20). The number of aryl methyl sites for hydroxylation is 1. The van der Waals surface area contributed by atoms with Crippen LogP contribution in [0, 0.1) is 6.92 Å². The van der Waals surface area contributed by atoms with Crippen LogP contribution >= 0.6 is 106 Å². The highest BCUT2D eigenvalue weighted by Crippen LogP contribution is 2.37. The van der Waals surface area contributed by atoms with Crippen molar-refractivity contribution in [2.75, 3.05) is 22.5 Å². The molecule has 62 heavy (non-hydrogen) atoms. The van der Waals surface area contributed by atoms with Crippen LogP contribution in [0.15, 0.2) is 121 Å². The number of hydrogen-bond donors (Lipinski definition) is 9. The van der Waals surface area contributed by atoms with Crippen molar-refractivity contribution in [2.45, 2.75) is 26.4 Å². The Bertz CT molecular complexity index is 2470. The van der Waals surface area contributed by atoms with Crippen LogP contribution in [-0.4, -0.2) is 37.2 Å². The molecule has 0 atom stereocenters. The summed E-state index contributed by atoms with van der Waals surface area (Å²) < 4.78 is 0. The fourth-order valence-electron chi connectivity index (χ4n) is 5.21. The van der Waals surface area contributed by atoms with Gasteiger partial charge in [-0.1, -0.05) is 155 Å². The molecule has 6 aromatic rings. The Hall–Kier alpha value is -4.47. The van der Waals surface area contributed by atoms with E-state index < -0.39 is 0 Å². The molecule has 6 rings (SSSR count). The zero-order valence-electron chi connectivity index (χ0n) is 32.7. The second-order valence-electron chi connectivity index (χ2n) is 13.0. The molecule has 0 aliphatic carbocycles. The topological polar surface area (TPSA) is 133 Å². The number of hydrogen-bond acceptors (Lipinski definition) is 6. The lowest BCUT2D eigenvalue weighted by molar-refractivity contribution is 0.477.